The van der Waals surface area contributed by atoms with Crippen molar-refractivity contribution in [1.29, 1.82) is 5.26 Å². The van der Waals surface area contributed by atoms with Crippen LogP contribution in [0.25, 0.3) is 0 Å². The van der Waals surface area contributed by atoms with Gasteiger partial charge in [-0.25, -0.2) is 14.8 Å². The Labute approximate surface area is 157 Å². The van der Waals surface area contributed by atoms with E-state index in [1.807, 2.05) is 12.1 Å². The van der Waals surface area contributed by atoms with Gasteiger partial charge in [0.1, 0.15) is 17.7 Å². The van der Waals surface area contributed by atoms with E-state index in [0.29, 0.717) is 29.8 Å². The molecule has 27 heavy (non-hydrogen) atoms. The van der Waals surface area contributed by atoms with Gasteiger partial charge in [0.2, 0.25) is 0 Å². The van der Waals surface area contributed by atoms with Crippen LogP contribution < -0.4 is 21.3 Å². The maximum absolute atomic E-state index is 12.1. The molecule has 0 unspecified atom stereocenters. The molecule has 0 radical (unpaired) electrons. The summed E-state index contributed by atoms with van der Waals surface area (Å²) >= 11 is 0. The number of carbonyl (C=O) groups excluding carboxylic acids is 1. The first-order valence-electron chi connectivity index (χ1n) is 8.93. The topological polar surface area (TPSA) is 124 Å². The number of aromatic nitrogens is 2. The Balaban J connectivity index is 1.72. The Morgan fingerprint density at radius 2 is 2.30 bits per heavy atom. The lowest BCUT2D eigenvalue weighted by Crippen LogP contribution is -2.42. The molecule has 0 amide bonds. The van der Waals surface area contributed by atoms with E-state index in [2.05, 4.69) is 31.2 Å². The quantitative estimate of drug-likeness (QED) is 0.526. The Morgan fingerprint density at radius 1 is 1.41 bits per heavy atom. The Hall–Kier alpha value is -3.12. The molecule has 0 spiro atoms. The lowest BCUT2D eigenvalue weighted by Gasteiger charge is -2.27. The van der Waals surface area contributed by atoms with E-state index in [4.69, 9.17) is 10.00 Å². The van der Waals surface area contributed by atoms with E-state index in [9.17, 15) is 4.79 Å². The molecular weight excluding hydrogens is 346 g/mol. The first-order chi connectivity index (χ1) is 13.2. The molecule has 3 rings (SSSR count). The zero-order valence-electron chi connectivity index (χ0n) is 15.2. The summed E-state index contributed by atoms with van der Waals surface area (Å²) in [6, 6.07) is 2.31. The molecule has 0 aliphatic carbocycles. The number of anilines is 1. The maximum Gasteiger partial charge on any atom is 0.337 e. The van der Waals surface area contributed by atoms with Gasteiger partial charge in [0, 0.05) is 18.7 Å². The molecule has 1 aromatic rings. The summed E-state index contributed by atoms with van der Waals surface area (Å²) in [5, 5.41) is 21.9. The standard InChI is InChI=1S/C18H23N7O2/c1-27-18(26)14-10-24-16(25-17-11-21-13(7-19)9-23-17)6-15(14)22-8-12-4-2-3-5-20-12/h6,9,11-12,20,22,24H,2-5,8,10H2,1H3,(H,23,25)/t12-/m0/s1. The third-order valence-electron chi connectivity index (χ3n) is 4.48. The molecule has 4 N–H and O–H groups in total. The van der Waals surface area contributed by atoms with Crippen LogP contribution in [0, 0.1) is 11.3 Å². The number of methoxy groups -OCH3 is 1. The van der Waals surface area contributed by atoms with E-state index >= 15 is 0 Å². The number of ether oxygens (including phenoxy) is 1. The number of esters is 1. The van der Waals surface area contributed by atoms with Gasteiger partial charge in [0.15, 0.2) is 5.69 Å². The van der Waals surface area contributed by atoms with Gasteiger partial charge >= 0.3 is 5.97 Å². The number of hydrogen-bond acceptors (Lipinski definition) is 9. The zero-order valence-corrected chi connectivity index (χ0v) is 15.2. The van der Waals surface area contributed by atoms with Crippen molar-refractivity contribution in [2.45, 2.75) is 25.3 Å². The second-order valence-corrected chi connectivity index (χ2v) is 6.35. The third-order valence-corrected chi connectivity index (χ3v) is 4.48. The van der Waals surface area contributed by atoms with Gasteiger partial charge < -0.3 is 26.0 Å². The normalized spacial score (nSPS) is 19.4. The largest absolute Gasteiger partial charge is 0.466 e. The van der Waals surface area contributed by atoms with Crippen molar-refractivity contribution < 1.29 is 9.53 Å². The van der Waals surface area contributed by atoms with Gasteiger partial charge in [-0.3, -0.25) is 0 Å². The average Bonchev–Trinajstić information content (AvgIpc) is 2.73. The number of dihydropyridines is 1. The number of nitrogens with zero attached hydrogens (tertiary/aromatic N) is 3. The van der Waals surface area contributed by atoms with Crippen LogP contribution >= 0.6 is 0 Å². The minimum atomic E-state index is -0.366. The van der Waals surface area contributed by atoms with Crippen molar-refractivity contribution in [1.82, 2.24) is 25.9 Å². The van der Waals surface area contributed by atoms with Crippen LogP contribution in [-0.4, -0.2) is 48.7 Å². The van der Waals surface area contributed by atoms with Crippen molar-refractivity contribution in [3.8, 4) is 6.07 Å². The van der Waals surface area contributed by atoms with Crippen molar-refractivity contribution in [3.05, 3.63) is 41.3 Å². The van der Waals surface area contributed by atoms with Gasteiger partial charge in [-0.05, 0) is 19.4 Å². The summed E-state index contributed by atoms with van der Waals surface area (Å²) in [6.07, 6.45) is 8.23. The molecule has 1 aromatic heterocycles. The molecule has 9 nitrogen and oxygen atoms in total. The number of nitrogens with one attached hydrogen (secondary N) is 4. The van der Waals surface area contributed by atoms with Crippen LogP contribution in [0.1, 0.15) is 25.0 Å². The lowest BCUT2D eigenvalue weighted by molar-refractivity contribution is -0.136. The van der Waals surface area contributed by atoms with Gasteiger partial charge in [-0.1, -0.05) is 6.42 Å². The van der Waals surface area contributed by atoms with Gasteiger partial charge in [-0.15, -0.1) is 0 Å². The van der Waals surface area contributed by atoms with Crippen LogP contribution in [-0.2, 0) is 9.53 Å². The van der Waals surface area contributed by atoms with Crippen molar-refractivity contribution >= 4 is 11.8 Å². The van der Waals surface area contributed by atoms with E-state index < -0.39 is 0 Å². The smallest absolute Gasteiger partial charge is 0.337 e. The monoisotopic (exact) mass is 369 g/mol. The molecule has 2 aliphatic heterocycles. The Kier molecular flexibility index (Phi) is 6.22. The second kappa shape index (κ2) is 9.00. The molecule has 0 saturated carbocycles. The predicted molar refractivity (Wildman–Crippen MR) is 99.1 cm³/mol. The number of hydrogen-bond donors (Lipinski definition) is 4. The molecule has 2 aliphatic rings. The fraction of sp³-hybridized carbons (Fsp3) is 0.444. The minimum absolute atomic E-state index is 0.251. The highest BCUT2D eigenvalue weighted by Gasteiger charge is 2.21. The number of allylic oxidation sites excluding steroid dienone is 1. The minimum Gasteiger partial charge on any atom is -0.466 e. The molecule has 142 valence electrons. The highest BCUT2D eigenvalue weighted by atomic mass is 16.5. The summed E-state index contributed by atoms with van der Waals surface area (Å²) in [4.78, 5) is 20.2. The highest BCUT2D eigenvalue weighted by Crippen LogP contribution is 2.15. The number of rotatable bonds is 6. The SMILES string of the molecule is COC(=O)C1=C(NC[C@@H]2CCCCN2)C=C(Nc2cnc(C#N)cn2)NC1. The predicted octanol–water partition coefficient (Wildman–Crippen LogP) is 0.364. The van der Waals surface area contributed by atoms with E-state index in [0.717, 1.165) is 25.2 Å². The summed E-state index contributed by atoms with van der Waals surface area (Å²) in [7, 11) is 1.37. The van der Waals surface area contributed by atoms with Crippen LogP contribution in [0.2, 0.25) is 0 Å². The van der Waals surface area contributed by atoms with E-state index in [1.54, 1.807) is 0 Å². The van der Waals surface area contributed by atoms with E-state index in [-0.39, 0.29) is 11.7 Å². The molecule has 3 heterocycles. The molecule has 0 bridgehead atoms. The number of nitriles is 1. The average molecular weight is 369 g/mol. The number of piperidine rings is 1. The van der Waals surface area contributed by atoms with Crippen LogP contribution in [0.3, 0.4) is 0 Å². The van der Waals surface area contributed by atoms with Gasteiger partial charge in [0.05, 0.1) is 37.3 Å². The van der Waals surface area contributed by atoms with Crippen LogP contribution in [0.5, 0.6) is 0 Å². The first-order valence-corrected chi connectivity index (χ1v) is 8.93. The number of carbonyl (C=O) groups is 1. The zero-order chi connectivity index (χ0) is 19.1. The van der Waals surface area contributed by atoms with E-state index in [1.165, 1.54) is 32.3 Å². The summed E-state index contributed by atoms with van der Waals surface area (Å²) < 4.78 is 4.90. The summed E-state index contributed by atoms with van der Waals surface area (Å²) in [6.45, 7) is 2.09. The molecule has 1 fully saturated rings. The van der Waals surface area contributed by atoms with Crippen molar-refractivity contribution in [3.63, 3.8) is 0 Å². The summed E-state index contributed by atoms with van der Waals surface area (Å²) in [5.41, 5.74) is 1.52. The molecule has 1 saturated heterocycles. The second-order valence-electron chi connectivity index (χ2n) is 6.35. The fourth-order valence-corrected chi connectivity index (χ4v) is 3.02. The lowest BCUT2D eigenvalue weighted by atomic mass is 10.0. The molecule has 9 heteroatoms. The molecule has 1 atom stereocenters. The summed E-state index contributed by atoms with van der Waals surface area (Å²) in [5.74, 6) is 0.818. The van der Waals surface area contributed by atoms with Crippen molar-refractivity contribution in [2.75, 3.05) is 32.1 Å². The maximum atomic E-state index is 12.1. The Bertz CT molecular complexity index is 774. The van der Waals surface area contributed by atoms with Crippen LogP contribution in [0.15, 0.2) is 35.6 Å². The van der Waals surface area contributed by atoms with Crippen LogP contribution in [0.4, 0.5) is 5.82 Å². The Morgan fingerprint density at radius 3 is 2.96 bits per heavy atom. The first kappa shape index (κ1) is 18.7. The third kappa shape index (κ3) is 4.95. The van der Waals surface area contributed by atoms with Gasteiger partial charge in [-0.2, -0.15) is 5.26 Å². The highest BCUT2D eigenvalue weighted by molar-refractivity contribution is 5.90. The molecular formula is C18H23N7O2. The van der Waals surface area contributed by atoms with Gasteiger partial charge in [0.25, 0.3) is 0 Å². The molecule has 0 aromatic carbocycles. The fourth-order valence-electron chi connectivity index (χ4n) is 3.02. The van der Waals surface area contributed by atoms with Crippen molar-refractivity contribution in [2.24, 2.45) is 0 Å².